The predicted molar refractivity (Wildman–Crippen MR) is 63.9 cm³/mol. The minimum atomic E-state index is -3.58. The van der Waals surface area contributed by atoms with Crippen LogP contribution in [0.4, 0.5) is 5.82 Å². The van der Waals surface area contributed by atoms with Gasteiger partial charge < -0.3 is 10.5 Å². The summed E-state index contributed by atoms with van der Waals surface area (Å²) >= 11 is 0. The van der Waals surface area contributed by atoms with Gasteiger partial charge in [0.25, 0.3) is 0 Å². The molecule has 0 radical (unpaired) electrons. The van der Waals surface area contributed by atoms with Crippen LogP contribution in [0.15, 0.2) is 11.1 Å². The summed E-state index contributed by atoms with van der Waals surface area (Å²) in [6.07, 6.45) is 1.22. The molecule has 1 heterocycles. The van der Waals surface area contributed by atoms with E-state index in [0.29, 0.717) is 26.3 Å². The Kier molecular flexibility index (Phi) is 4.91. The summed E-state index contributed by atoms with van der Waals surface area (Å²) in [6, 6.07) is 0. The van der Waals surface area contributed by atoms with Crippen LogP contribution < -0.4 is 5.73 Å². The number of aromatic amines is 1. The van der Waals surface area contributed by atoms with Crippen molar-refractivity contribution in [2.24, 2.45) is 0 Å². The normalized spacial score (nSPS) is 12.2. The number of rotatable bonds is 7. The van der Waals surface area contributed by atoms with Crippen LogP contribution >= 0.6 is 0 Å². The largest absolute Gasteiger partial charge is 0.383 e. The number of nitrogen functional groups attached to an aromatic ring is 1. The van der Waals surface area contributed by atoms with Crippen LogP contribution in [-0.2, 0) is 14.8 Å². The van der Waals surface area contributed by atoms with Gasteiger partial charge in [-0.2, -0.15) is 9.40 Å². The fourth-order valence-corrected chi connectivity index (χ4v) is 2.83. The standard InChI is InChI=1S/C9H18N4O3S/c1-3-13(5-6-16-4-2)17(14,15)8-7-11-12-9(8)10/h7H,3-6H2,1-2H3,(H3,10,11,12). The highest BCUT2D eigenvalue weighted by molar-refractivity contribution is 7.89. The number of likely N-dealkylation sites (N-methyl/N-ethyl adjacent to an activating group) is 1. The summed E-state index contributed by atoms with van der Waals surface area (Å²) in [6.45, 7) is 5.21. The third-order valence-electron chi connectivity index (χ3n) is 2.29. The number of hydrogen-bond donors (Lipinski definition) is 2. The lowest BCUT2D eigenvalue weighted by Crippen LogP contribution is -2.34. The molecule has 0 fully saturated rings. The quantitative estimate of drug-likeness (QED) is 0.675. The molecule has 0 saturated heterocycles. The van der Waals surface area contributed by atoms with Gasteiger partial charge in [-0.25, -0.2) is 8.42 Å². The van der Waals surface area contributed by atoms with Crippen molar-refractivity contribution in [1.82, 2.24) is 14.5 Å². The smallest absolute Gasteiger partial charge is 0.248 e. The summed E-state index contributed by atoms with van der Waals surface area (Å²) in [5.74, 6) is 0.0554. The molecular weight excluding hydrogens is 244 g/mol. The van der Waals surface area contributed by atoms with E-state index in [4.69, 9.17) is 10.5 Å². The number of H-pyrrole nitrogens is 1. The molecule has 0 aliphatic heterocycles. The van der Waals surface area contributed by atoms with Gasteiger partial charge in [-0.05, 0) is 6.92 Å². The van der Waals surface area contributed by atoms with Crippen molar-refractivity contribution in [3.05, 3.63) is 6.20 Å². The van der Waals surface area contributed by atoms with Crippen molar-refractivity contribution < 1.29 is 13.2 Å². The van der Waals surface area contributed by atoms with E-state index in [-0.39, 0.29) is 10.7 Å². The van der Waals surface area contributed by atoms with Crippen molar-refractivity contribution in [2.45, 2.75) is 18.7 Å². The van der Waals surface area contributed by atoms with Gasteiger partial charge in [0.05, 0.1) is 12.8 Å². The number of nitrogens with two attached hydrogens (primary N) is 1. The Morgan fingerprint density at radius 1 is 1.53 bits per heavy atom. The van der Waals surface area contributed by atoms with Crippen molar-refractivity contribution >= 4 is 15.8 Å². The van der Waals surface area contributed by atoms with Gasteiger partial charge in [0.15, 0.2) is 0 Å². The van der Waals surface area contributed by atoms with E-state index in [9.17, 15) is 8.42 Å². The first kappa shape index (κ1) is 13.9. The van der Waals surface area contributed by atoms with E-state index in [1.54, 1.807) is 6.92 Å². The van der Waals surface area contributed by atoms with Crippen molar-refractivity contribution in [1.29, 1.82) is 0 Å². The summed E-state index contributed by atoms with van der Waals surface area (Å²) in [5.41, 5.74) is 5.52. The fourth-order valence-electron chi connectivity index (χ4n) is 1.39. The van der Waals surface area contributed by atoms with Gasteiger partial charge >= 0.3 is 0 Å². The number of hydrogen-bond acceptors (Lipinski definition) is 5. The van der Waals surface area contributed by atoms with Crippen LogP contribution in [0, 0.1) is 0 Å². The predicted octanol–water partition coefficient (Wildman–Crippen LogP) is 0.0390. The number of aromatic nitrogens is 2. The minimum Gasteiger partial charge on any atom is -0.383 e. The molecule has 0 saturated carbocycles. The maximum atomic E-state index is 12.2. The molecule has 8 heteroatoms. The number of sulfonamides is 1. The van der Waals surface area contributed by atoms with Crippen molar-refractivity contribution in [2.75, 3.05) is 32.0 Å². The molecule has 98 valence electrons. The summed E-state index contributed by atoms with van der Waals surface area (Å²) < 4.78 is 30.8. The Morgan fingerprint density at radius 2 is 2.24 bits per heavy atom. The summed E-state index contributed by atoms with van der Waals surface area (Å²) in [7, 11) is -3.58. The molecule has 0 unspecified atom stereocenters. The number of nitrogens with zero attached hydrogens (tertiary/aromatic N) is 2. The zero-order valence-electron chi connectivity index (χ0n) is 10.0. The highest BCUT2D eigenvalue weighted by Crippen LogP contribution is 2.19. The average Bonchev–Trinajstić information content (AvgIpc) is 2.71. The average molecular weight is 262 g/mol. The molecule has 0 amide bonds. The monoisotopic (exact) mass is 262 g/mol. The maximum Gasteiger partial charge on any atom is 0.248 e. The lowest BCUT2D eigenvalue weighted by molar-refractivity contribution is 0.135. The van der Waals surface area contributed by atoms with Gasteiger partial charge in [0.1, 0.15) is 10.7 Å². The van der Waals surface area contributed by atoms with Crippen LogP contribution in [0.2, 0.25) is 0 Å². The summed E-state index contributed by atoms with van der Waals surface area (Å²) in [5, 5.41) is 6.03. The first-order valence-electron chi connectivity index (χ1n) is 5.40. The lowest BCUT2D eigenvalue weighted by atomic mass is 10.6. The molecule has 1 aromatic heterocycles. The summed E-state index contributed by atoms with van der Waals surface area (Å²) in [4.78, 5) is 0.0100. The molecule has 0 aliphatic rings. The second kappa shape index (κ2) is 5.99. The number of nitrogens with one attached hydrogen (secondary N) is 1. The van der Waals surface area contributed by atoms with Crippen LogP contribution in [0.3, 0.4) is 0 Å². The van der Waals surface area contributed by atoms with Crippen molar-refractivity contribution in [3.63, 3.8) is 0 Å². The Bertz CT molecular complexity index is 443. The zero-order chi connectivity index (χ0) is 12.9. The van der Waals surface area contributed by atoms with Crippen LogP contribution in [-0.4, -0.2) is 49.2 Å². The molecule has 1 rings (SSSR count). The minimum absolute atomic E-state index is 0.0100. The second-order valence-corrected chi connectivity index (χ2v) is 5.25. The van der Waals surface area contributed by atoms with Gasteiger partial charge in [-0.1, -0.05) is 6.92 Å². The molecular formula is C9H18N4O3S. The Balaban J connectivity index is 2.84. The van der Waals surface area contributed by atoms with Gasteiger partial charge in [-0.3, -0.25) is 5.10 Å². The Morgan fingerprint density at radius 3 is 2.71 bits per heavy atom. The van der Waals surface area contributed by atoms with E-state index in [1.165, 1.54) is 10.5 Å². The van der Waals surface area contributed by atoms with Crippen LogP contribution in [0.5, 0.6) is 0 Å². The second-order valence-electron chi connectivity index (χ2n) is 3.34. The number of anilines is 1. The topological polar surface area (TPSA) is 101 Å². The zero-order valence-corrected chi connectivity index (χ0v) is 10.8. The van der Waals surface area contributed by atoms with Crippen LogP contribution in [0.1, 0.15) is 13.8 Å². The third-order valence-corrected chi connectivity index (χ3v) is 4.29. The van der Waals surface area contributed by atoms with Gasteiger partial charge in [0, 0.05) is 19.7 Å². The molecule has 0 spiro atoms. The van der Waals surface area contributed by atoms with Crippen LogP contribution in [0.25, 0.3) is 0 Å². The Labute approximate surface area is 101 Å². The molecule has 0 atom stereocenters. The number of ether oxygens (including phenoxy) is 1. The lowest BCUT2D eigenvalue weighted by Gasteiger charge is -2.19. The van der Waals surface area contributed by atoms with E-state index in [2.05, 4.69) is 10.2 Å². The van der Waals surface area contributed by atoms with E-state index >= 15 is 0 Å². The van der Waals surface area contributed by atoms with Gasteiger partial charge in [0.2, 0.25) is 10.0 Å². The third kappa shape index (κ3) is 3.18. The maximum absolute atomic E-state index is 12.2. The van der Waals surface area contributed by atoms with Gasteiger partial charge in [-0.15, -0.1) is 0 Å². The Hall–Kier alpha value is -1.12. The molecule has 3 N–H and O–H groups in total. The van der Waals surface area contributed by atoms with E-state index in [1.807, 2.05) is 6.92 Å². The molecule has 1 aromatic rings. The highest BCUT2D eigenvalue weighted by atomic mass is 32.2. The first-order valence-corrected chi connectivity index (χ1v) is 6.84. The molecule has 0 bridgehead atoms. The van der Waals surface area contributed by atoms with E-state index < -0.39 is 10.0 Å². The SMILES string of the molecule is CCOCCN(CC)S(=O)(=O)c1cn[nH]c1N. The molecule has 0 aliphatic carbocycles. The molecule has 17 heavy (non-hydrogen) atoms. The molecule has 7 nitrogen and oxygen atoms in total. The first-order chi connectivity index (χ1) is 8.04. The molecule has 0 aromatic carbocycles. The fraction of sp³-hybridized carbons (Fsp3) is 0.667. The highest BCUT2D eigenvalue weighted by Gasteiger charge is 2.26. The van der Waals surface area contributed by atoms with E-state index in [0.717, 1.165) is 0 Å². The van der Waals surface area contributed by atoms with Crippen molar-refractivity contribution in [3.8, 4) is 0 Å².